The van der Waals surface area contributed by atoms with E-state index in [9.17, 15) is 0 Å². The van der Waals surface area contributed by atoms with Crippen LogP contribution in [0.4, 0.5) is 0 Å². The van der Waals surface area contributed by atoms with Crippen LogP contribution in [0.5, 0.6) is 0 Å². The first-order valence-electron chi connectivity index (χ1n) is 5.22. The van der Waals surface area contributed by atoms with E-state index in [1.807, 2.05) is 13.8 Å². The van der Waals surface area contributed by atoms with Crippen molar-refractivity contribution in [2.75, 3.05) is 19.8 Å². The molecular weight excluding hydrogens is 182 g/mol. The molecule has 14 heavy (non-hydrogen) atoms. The van der Waals surface area contributed by atoms with Crippen molar-refractivity contribution < 1.29 is 14.6 Å². The summed E-state index contributed by atoms with van der Waals surface area (Å²) in [5.74, 6) is 0. The number of nitrogens with two attached hydrogens (primary N) is 1. The minimum absolute atomic E-state index is 0.0470. The van der Waals surface area contributed by atoms with Crippen LogP contribution in [-0.4, -0.2) is 42.7 Å². The van der Waals surface area contributed by atoms with Crippen molar-refractivity contribution in [2.24, 2.45) is 5.73 Å². The lowest BCUT2D eigenvalue weighted by Crippen LogP contribution is -2.50. The van der Waals surface area contributed by atoms with Crippen LogP contribution in [0.3, 0.4) is 0 Å². The maximum atomic E-state index is 8.74. The molecule has 0 spiro atoms. The van der Waals surface area contributed by atoms with Crippen LogP contribution < -0.4 is 5.73 Å². The summed E-state index contributed by atoms with van der Waals surface area (Å²) in [6.45, 7) is 4.96. The van der Waals surface area contributed by atoms with Crippen molar-refractivity contribution in [1.82, 2.24) is 0 Å². The molecule has 0 saturated carbocycles. The Morgan fingerprint density at radius 2 is 2.00 bits per heavy atom. The predicted octanol–water partition coefficient (Wildman–Crippen LogP) is 0.280. The fraction of sp³-hybridized carbons (Fsp3) is 1.00. The van der Waals surface area contributed by atoms with Crippen LogP contribution in [0.15, 0.2) is 0 Å². The molecule has 1 rings (SSSR count). The highest BCUT2D eigenvalue weighted by Crippen LogP contribution is 2.31. The Kier molecular flexibility index (Phi) is 4.31. The van der Waals surface area contributed by atoms with E-state index >= 15 is 0 Å². The second-order valence-corrected chi connectivity index (χ2v) is 4.12. The van der Waals surface area contributed by atoms with E-state index in [0.717, 1.165) is 12.8 Å². The lowest BCUT2D eigenvalue weighted by Gasteiger charge is -2.41. The number of aliphatic hydroxyl groups is 1. The van der Waals surface area contributed by atoms with Gasteiger partial charge in [0.15, 0.2) is 0 Å². The molecule has 1 saturated heterocycles. The van der Waals surface area contributed by atoms with E-state index in [1.165, 1.54) is 0 Å². The summed E-state index contributed by atoms with van der Waals surface area (Å²) in [6.07, 6.45) is 1.99. The molecule has 0 radical (unpaired) electrons. The third-order valence-corrected chi connectivity index (χ3v) is 2.66. The fourth-order valence-electron chi connectivity index (χ4n) is 2.23. The molecule has 1 heterocycles. The molecule has 0 bridgehead atoms. The van der Waals surface area contributed by atoms with Crippen LogP contribution in [0.1, 0.15) is 26.7 Å². The Labute approximate surface area is 85.4 Å². The summed E-state index contributed by atoms with van der Waals surface area (Å²) in [7, 11) is 0. The lowest BCUT2D eigenvalue weighted by molar-refractivity contribution is -0.158. The summed E-state index contributed by atoms with van der Waals surface area (Å²) >= 11 is 0. The molecule has 0 amide bonds. The standard InChI is InChI=1S/C10H21NO3/c1-8-5-10(7-11,13-4-3-12)6-9(2)14-8/h8-9,12H,3-7,11H2,1-2H3. The molecule has 2 unspecified atom stereocenters. The zero-order valence-corrected chi connectivity index (χ0v) is 9.03. The largest absolute Gasteiger partial charge is 0.394 e. The Balaban J connectivity index is 2.57. The second-order valence-electron chi connectivity index (χ2n) is 4.12. The van der Waals surface area contributed by atoms with Crippen LogP contribution in [-0.2, 0) is 9.47 Å². The van der Waals surface area contributed by atoms with Crippen molar-refractivity contribution in [1.29, 1.82) is 0 Å². The molecule has 2 atom stereocenters. The molecule has 3 N–H and O–H groups in total. The summed E-state index contributed by atoms with van der Waals surface area (Å²) in [4.78, 5) is 0. The third-order valence-electron chi connectivity index (χ3n) is 2.66. The van der Waals surface area contributed by atoms with Gasteiger partial charge in [-0.2, -0.15) is 0 Å². The molecule has 1 fully saturated rings. The summed E-state index contributed by atoms with van der Waals surface area (Å²) in [6, 6.07) is 0. The zero-order chi connectivity index (χ0) is 10.6. The van der Waals surface area contributed by atoms with Gasteiger partial charge in [-0.3, -0.25) is 0 Å². The van der Waals surface area contributed by atoms with Gasteiger partial charge in [0, 0.05) is 19.4 Å². The Bertz CT molecular complexity index is 165. The first-order valence-corrected chi connectivity index (χ1v) is 5.22. The number of hydrogen-bond donors (Lipinski definition) is 2. The normalized spacial score (nSPS) is 38.6. The molecular formula is C10H21NO3. The van der Waals surface area contributed by atoms with Gasteiger partial charge in [-0.25, -0.2) is 0 Å². The molecule has 4 heteroatoms. The second kappa shape index (κ2) is 5.07. The number of rotatable bonds is 4. The zero-order valence-electron chi connectivity index (χ0n) is 9.03. The van der Waals surface area contributed by atoms with Gasteiger partial charge in [-0.15, -0.1) is 0 Å². The molecule has 0 aromatic heterocycles. The van der Waals surface area contributed by atoms with E-state index in [1.54, 1.807) is 0 Å². The smallest absolute Gasteiger partial charge is 0.0854 e. The topological polar surface area (TPSA) is 64.7 Å². The summed E-state index contributed by atoms with van der Waals surface area (Å²) in [5.41, 5.74) is 5.45. The van der Waals surface area contributed by atoms with Gasteiger partial charge in [-0.1, -0.05) is 0 Å². The molecule has 0 aromatic rings. The minimum atomic E-state index is -0.292. The van der Waals surface area contributed by atoms with E-state index in [4.69, 9.17) is 20.3 Å². The number of ether oxygens (including phenoxy) is 2. The van der Waals surface area contributed by atoms with Crippen molar-refractivity contribution in [2.45, 2.75) is 44.5 Å². The molecule has 0 aliphatic carbocycles. The highest BCUT2D eigenvalue weighted by Gasteiger charge is 2.38. The van der Waals surface area contributed by atoms with Crippen molar-refractivity contribution >= 4 is 0 Å². The van der Waals surface area contributed by atoms with Gasteiger partial charge >= 0.3 is 0 Å². The lowest BCUT2D eigenvalue weighted by atomic mass is 9.87. The van der Waals surface area contributed by atoms with Crippen LogP contribution in [0, 0.1) is 0 Å². The van der Waals surface area contributed by atoms with Gasteiger partial charge in [0.25, 0.3) is 0 Å². The van der Waals surface area contributed by atoms with Gasteiger partial charge in [0.05, 0.1) is 31.0 Å². The Morgan fingerprint density at radius 1 is 1.43 bits per heavy atom. The maximum absolute atomic E-state index is 8.74. The first kappa shape index (κ1) is 11.9. The van der Waals surface area contributed by atoms with Crippen LogP contribution in [0.2, 0.25) is 0 Å². The molecule has 1 aliphatic heterocycles. The number of aliphatic hydroxyl groups excluding tert-OH is 1. The van der Waals surface area contributed by atoms with Gasteiger partial charge < -0.3 is 20.3 Å². The SMILES string of the molecule is CC1CC(CN)(OCCO)CC(C)O1. The van der Waals surface area contributed by atoms with Crippen LogP contribution in [0.25, 0.3) is 0 Å². The predicted molar refractivity (Wildman–Crippen MR) is 54.1 cm³/mol. The van der Waals surface area contributed by atoms with E-state index < -0.39 is 0 Å². The summed E-state index contributed by atoms with van der Waals surface area (Å²) in [5, 5.41) is 8.74. The van der Waals surface area contributed by atoms with Crippen molar-refractivity contribution in [3.05, 3.63) is 0 Å². The first-order chi connectivity index (χ1) is 6.62. The monoisotopic (exact) mass is 203 g/mol. The average molecular weight is 203 g/mol. The van der Waals surface area contributed by atoms with Gasteiger partial charge in [-0.05, 0) is 13.8 Å². The highest BCUT2D eigenvalue weighted by molar-refractivity contribution is 4.90. The number of hydrogen-bond acceptors (Lipinski definition) is 4. The van der Waals surface area contributed by atoms with Gasteiger partial charge in [0.2, 0.25) is 0 Å². The molecule has 1 aliphatic rings. The fourth-order valence-corrected chi connectivity index (χ4v) is 2.23. The molecule has 84 valence electrons. The van der Waals surface area contributed by atoms with E-state index in [-0.39, 0.29) is 24.4 Å². The summed E-state index contributed by atoms with van der Waals surface area (Å²) < 4.78 is 11.3. The van der Waals surface area contributed by atoms with Crippen LogP contribution >= 0.6 is 0 Å². The molecule has 0 aromatic carbocycles. The Hall–Kier alpha value is -0.160. The highest BCUT2D eigenvalue weighted by atomic mass is 16.5. The maximum Gasteiger partial charge on any atom is 0.0854 e. The minimum Gasteiger partial charge on any atom is -0.394 e. The van der Waals surface area contributed by atoms with E-state index in [2.05, 4.69) is 0 Å². The van der Waals surface area contributed by atoms with E-state index in [0.29, 0.717) is 13.2 Å². The third kappa shape index (κ3) is 2.92. The van der Waals surface area contributed by atoms with Gasteiger partial charge in [0.1, 0.15) is 0 Å². The van der Waals surface area contributed by atoms with Crippen molar-refractivity contribution in [3.63, 3.8) is 0 Å². The Morgan fingerprint density at radius 3 is 2.43 bits per heavy atom. The quantitative estimate of drug-likeness (QED) is 0.689. The van der Waals surface area contributed by atoms with Crippen molar-refractivity contribution in [3.8, 4) is 0 Å². The average Bonchev–Trinajstić information content (AvgIpc) is 2.13. The molecule has 4 nitrogen and oxygen atoms in total.